The molecule has 0 saturated carbocycles. The number of fused-ring (bicyclic) bond motifs is 8. The first kappa shape index (κ1) is 74.5. The summed E-state index contributed by atoms with van der Waals surface area (Å²) in [5, 5.41) is 15.8. The van der Waals surface area contributed by atoms with E-state index in [4.69, 9.17) is 9.47 Å². The molecule has 104 heavy (non-hydrogen) atoms. The molecule has 0 amide bonds. The van der Waals surface area contributed by atoms with E-state index in [-0.39, 0.29) is 6.61 Å². The van der Waals surface area contributed by atoms with Gasteiger partial charge in [0.25, 0.3) is 6.08 Å². The maximum atomic E-state index is 12.2. The lowest BCUT2D eigenvalue weighted by Gasteiger charge is -2.20. The molecule has 0 radical (unpaired) electrons. The third-order valence-electron chi connectivity index (χ3n) is 20.6. The number of rotatable bonds is 25. The molecule has 0 unspecified atom stereocenters. The minimum absolute atomic E-state index is 0.169. The van der Waals surface area contributed by atoms with Crippen LogP contribution in [0.25, 0.3) is 87.9 Å². The molecule has 0 N–H and O–H groups in total. The van der Waals surface area contributed by atoms with E-state index in [9.17, 15) is 8.78 Å². The highest BCUT2D eigenvalue weighted by Crippen LogP contribution is 2.40. The van der Waals surface area contributed by atoms with Crippen molar-refractivity contribution in [2.75, 3.05) is 13.2 Å². The van der Waals surface area contributed by atoms with Crippen molar-refractivity contribution < 1.29 is 18.3 Å². The van der Waals surface area contributed by atoms with E-state index >= 15 is 0 Å². The summed E-state index contributed by atoms with van der Waals surface area (Å²) < 4.78 is 35.5. The van der Waals surface area contributed by atoms with Crippen molar-refractivity contribution >= 4 is 76.8 Å². The van der Waals surface area contributed by atoms with Gasteiger partial charge in [-0.25, -0.2) is 0 Å². The average Bonchev–Trinajstić information content (AvgIpc) is 0.756. The van der Waals surface area contributed by atoms with E-state index in [2.05, 4.69) is 243 Å². The average molecular weight is 1370 g/mol. The molecule has 2 nitrogen and oxygen atoms in total. The van der Waals surface area contributed by atoms with Crippen LogP contribution in [0.4, 0.5) is 8.78 Å². The van der Waals surface area contributed by atoms with Crippen molar-refractivity contribution in [3.8, 4) is 22.6 Å². The summed E-state index contributed by atoms with van der Waals surface area (Å²) in [4.78, 5) is 0. The van der Waals surface area contributed by atoms with Gasteiger partial charge in [0.05, 0.1) is 0 Å². The van der Waals surface area contributed by atoms with Gasteiger partial charge >= 0.3 is 0 Å². The monoisotopic (exact) mass is 1370 g/mol. The maximum Gasteiger partial charge on any atom is 0.269 e. The second-order valence-electron chi connectivity index (χ2n) is 28.0. The number of hydrogen-bond acceptors (Lipinski definition) is 2. The number of allylic oxidation sites excluding steroid dienone is 2. The van der Waals surface area contributed by atoms with Gasteiger partial charge in [-0.2, -0.15) is 8.78 Å². The van der Waals surface area contributed by atoms with Crippen molar-refractivity contribution in [2.45, 2.75) is 131 Å². The van der Waals surface area contributed by atoms with E-state index < -0.39 is 6.08 Å². The Morgan fingerprint density at radius 1 is 0.346 bits per heavy atom. The highest BCUT2D eigenvalue weighted by molar-refractivity contribution is 6.11. The molecule has 1 aliphatic rings. The van der Waals surface area contributed by atoms with Gasteiger partial charge in [0.2, 0.25) is 0 Å². The quantitative estimate of drug-likeness (QED) is 0.0246. The third kappa shape index (κ3) is 18.4. The molecular weight excluding hydrogens is 1270 g/mol. The number of benzene rings is 13. The fourth-order valence-electron chi connectivity index (χ4n) is 14.9. The van der Waals surface area contributed by atoms with Gasteiger partial charge in [-0.3, -0.25) is 0 Å². The molecule has 0 aromatic heterocycles. The number of hydrogen-bond donors (Lipinski definition) is 0. The minimum atomic E-state index is -1.75. The molecule has 0 fully saturated rings. The van der Waals surface area contributed by atoms with Gasteiger partial charge in [0.15, 0.2) is 0 Å². The Bertz CT molecular complexity index is 5100. The lowest BCUT2D eigenvalue weighted by Crippen LogP contribution is -2.07. The first-order valence-electron chi connectivity index (χ1n) is 37.2. The SMILES string of the molecule is C=CCCCCc1c(CCCCC=C)c2cc(C)ccc2c2ccc(C)cc12.C=CCOc1cc(C)cc2c(OCC=C(F)F)cc(C)cc12.C=Cc1ccc(CCc2cccc3c(CCc4ccc(C=C)cc4)cccc23)cc1.Cc1c2ccccc2c(C)c2cc(-c3ccc4c(c3)CC4)ccc12. The zero-order valence-electron chi connectivity index (χ0n) is 62.0. The third-order valence-corrected chi connectivity index (χ3v) is 20.6. The van der Waals surface area contributed by atoms with Crippen LogP contribution < -0.4 is 9.47 Å². The van der Waals surface area contributed by atoms with Crippen LogP contribution in [0.5, 0.6) is 11.5 Å². The number of aryl methyl sites for hydroxylation is 14. The largest absolute Gasteiger partial charge is 0.489 e. The van der Waals surface area contributed by atoms with Crippen LogP contribution in [0.15, 0.2) is 270 Å². The minimum Gasteiger partial charge on any atom is -0.489 e. The molecule has 0 atom stereocenters. The predicted molar refractivity (Wildman–Crippen MR) is 447 cm³/mol. The van der Waals surface area contributed by atoms with Gasteiger partial charge in [-0.05, 0) is 305 Å². The first-order chi connectivity index (χ1) is 50.6. The van der Waals surface area contributed by atoms with E-state index in [1.807, 2.05) is 62.4 Å². The molecule has 0 heterocycles. The summed E-state index contributed by atoms with van der Waals surface area (Å²) in [5.74, 6) is 1.30. The summed E-state index contributed by atoms with van der Waals surface area (Å²) in [6.07, 6.45) is 24.7. The Labute approximate surface area is 617 Å². The molecule has 0 aliphatic heterocycles. The van der Waals surface area contributed by atoms with Crippen molar-refractivity contribution in [3.05, 3.63) is 359 Å². The van der Waals surface area contributed by atoms with Crippen LogP contribution in [-0.2, 0) is 51.4 Å². The molecule has 1 aliphatic carbocycles. The molecule has 14 rings (SSSR count). The molecule has 13 aromatic carbocycles. The molecule has 526 valence electrons. The second-order valence-corrected chi connectivity index (χ2v) is 28.0. The Morgan fingerprint density at radius 3 is 1.25 bits per heavy atom. The molecule has 0 spiro atoms. The highest BCUT2D eigenvalue weighted by atomic mass is 19.3. The maximum absolute atomic E-state index is 12.2. The van der Waals surface area contributed by atoms with E-state index in [0.717, 1.165) is 85.1 Å². The highest BCUT2D eigenvalue weighted by Gasteiger charge is 2.18. The van der Waals surface area contributed by atoms with Gasteiger partial charge in [0, 0.05) is 16.8 Å². The van der Waals surface area contributed by atoms with Crippen LogP contribution in [0.1, 0.15) is 128 Å². The van der Waals surface area contributed by atoms with Gasteiger partial charge in [0.1, 0.15) is 24.7 Å². The number of unbranched alkanes of at least 4 members (excludes halogenated alkanes) is 4. The van der Waals surface area contributed by atoms with Crippen LogP contribution in [0, 0.1) is 41.5 Å². The van der Waals surface area contributed by atoms with E-state index in [1.54, 1.807) is 17.2 Å². The summed E-state index contributed by atoms with van der Waals surface area (Å²) in [7, 11) is 0. The predicted octanol–water partition coefficient (Wildman–Crippen LogP) is 27.7. The van der Waals surface area contributed by atoms with Crippen LogP contribution in [0.3, 0.4) is 0 Å². The Balaban J connectivity index is 0.000000140. The standard InChI is InChI=1S/C30H28.C28H34.C24H20.C18H18F2O2/c1-3-23-11-15-25(16-12-23)19-21-27-7-5-10-30-28(8-6-9-29(27)30)22-20-26-17-13-24(4-2)14-18-26;1-5-7-9-11-13-23-24(14-12-10-8-6-2)28-20-22(4)16-18-26(28)25-17-15-21(3)19-27(23)25;1-15-21-5-3-4-6-22(21)16(2)24-14-20(11-12-23(15)24)19-10-8-17-7-9-18(17)13-19;1-4-6-21-16-10-12(2)9-15-14(16)8-13(3)11-17(15)22-7-5-18(19)20/h3-18H,1-2,19-22H2;5-6,15-20H,1-2,7-14H2,3-4H3;3-6,8,10-14H,7,9H2,1-2H3;4-5,8-11H,1,6-7H2,2-3H3. The summed E-state index contributed by atoms with van der Waals surface area (Å²) >= 11 is 0. The lowest BCUT2D eigenvalue weighted by atomic mass is 9.85. The number of halogens is 2. The molecule has 4 heteroatoms. The normalized spacial score (nSPS) is 11.3. The van der Waals surface area contributed by atoms with E-state index in [0.29, 0.717) is 12.4 Å². The Hall–Kier alpha value is -10.7. The molecule has 0 saturated heterocycles. The van der Waals surface area contributed by atoms with Crippen molar-refractivity contribution in [1.29, 1.82) is 0 Å². The van der Waals surface area contributed by atoms with Crippen LogP contribution in [0.2, 0.25) is 0 Å². The Morgan fingerprint density at radius 2 is 0.788 bits per heavy atom. The second kappa shape index (κ2) is 36.0. The summed E-state index contributed by atoms with van der Waals surface area (Å²) in [6.45, 7) is 32.1. The van der Waals surface area contributed by atoms with Gasteiger partial charge in [-0.1, -0.05) is 237 Å². The van der Waals surface area contributed by atoms with Crippen molar-refractivity contribution in [1.82, 2.24) is 0 Å². The van der Waals surface area contributed by atoms with Crippen molar-refractivity contribution in [3.63, 3.8) is 0 Å². The topological polar surface area (TPSA) is 18.5 Å². The Kier molecular flexibility index (Phi) is 25.8. The molecule has 13 aromatic rings. The van der Waals surface area contributed by atoms with Gasteiger partial charge in [-0.15, -0.1) is 13.2 Å². The lowest BCUT2D eigenvalue weighted by molar-refractivity contribution is 0.347. The smallest absolute Gasteiger partial charge is 0.269 e. The molecule has 0 bridgehead atoms. The number of ether oxygens (including phenoxy) is 2. The molecular formula is C100H100F2O2. The van der Waals surface area contributed by atoms with Crippen LogP contribution >= 0.6 is 0 Å². The fourth-order valence-corrected chi connectivity index (χ4v) is 14.9. The summed E-state index contributed by atoms with van der Waals surface area (Å²) in [5.41, 5.74) is 24.3. The van der Waals surface area contributed by atoms with Gasteiger partial charge < -0.3 is 9.47 Å². The first-order valence-corrected chi connectivity index (χ1v) is 37.2. The fraction of sp³-hybridized carbons (Fsp3) is 0.220. The van der Waals surface area contributed by atoms with E-state index in [1.165, 1.54) is 170 Å². The van der Waals surface area contributed by atoms with Crippen LogP contribution in [-0.4, -0.2) is 13.2 Å². The zero-order chi connectivity index (χ0) is 73.1. The summed E-state index contributed by atoms with van der Waals surface area (Å²) in [6, 6.07) is 75.3. The van der Waals surface area contributed by atoms with Crippen molar-refractivity contribution in [2.24, 2.45) is 0 Å². The zero-order valence-corrected chi connectivity index (χ0v) is 62.0.